The van der Waals surface area contributed by atoms with Crippen molar-refractivity contribution in [3.8, 4) is 57.1 Å². The highest BCUT2D eigenvalue weighted by molar-refractivity contribution is 6.32. The minimum atomic E-state index is -2.35. The largest absolute Gasteiger partial charge is 0.508 e. The van der Waals surface area contributed by atoms with Crippen LogP contribution >= 0.6 is 23.2 Å². The third kappa shape index (κ3) is 18.0. The van der Waals surface area contributed by atoms with Crippen molar-refractivity contribution in [2.24, 2.45) is 17.4 Å². The van der Waals surface area contributed by atoms with E-state index in [2.05, 4.69) is 37.2 Å². The van der Waals surface area contributed by atoms with Gasteiger partial charge >= 0.3 is 5.97 Å². The number of nitrogens with one attached hydrogen (secondary N) is 7. The van der Waals surface area contributed by atoms with Gasteiger partial charge in [-0.2, -0.15) is 0 Å². The van der Waals surface area contributed by atoms with Crippen molar-refractivity contribution in [1.82, 2.24) is 37.2 Å². The maximum absolute atomic E-state index is 16.0. The molecule has 5 aromatic carbocycles. The summed E-state index contributed by atoms with van der Waals surface area (Å²) >= 11 is 14.1. The van der Waals surface area contributed by atoms with Crippen molar-refractivity contribution in [3.05, 3.63) is 117 Å². The van der Waals surface area contributed by atoms with Gasteiger partial charge in [-0.25, -0.2) is 4.79 Å². The molecule has 0 radical (unpaired) electrons. The summed E-state index contributed by atoms with van der Waals surface area (Å²) in [7, 11) is 1.47. The molecular formula is C69H83Cl2N9O26. The Morgan fingerprint density at radius 1 is 0.708 bits per heavy atom. The van der Waals surface area contributed by atoms with Gasteiger partial charge < -0.3 is 138 Å². The van der Waals surface area contributed by atoms with Crippen molar-refractivity contribution in [3.63, 3.8) is 0 Å². The molecule has 11 bridgehead atoms. The molecule has 7 aliphatic heterocycles. The van der Waals surface area contributed by atoms with E-state index in [1.54, 1.807) is 0 Å². The van der Waals surface area contributed by atoms with E-state index >= 15 is 14.4 Å². The minimum Gasteiger partial charge on any atom is -0.508 e. The molecular weight excluding hydrogens is 1440 g/mol. The molecule has 5 aromatic rings. The van der Waals surface area contributed by atoms with Crippen LogP contribution in [0.15, 0.2) is 78.9 Å². The first kappa shape index (κ1) is 80.8. The SMILES string of the molecule is CC(O)CO.CN[C@H](CC(C)C)C(=O)N[C@H]1C(=O)N[C@@H](CC(N)=O)C(=O)N[C@H]2C(=O)N[C@H]3C(=O)N[C@H](C(=O)N[C@H](C(=O)O)c4cc(O)cc(O)c4-c4cc3ccc4O)[C@H](O)c3ccc(c(Cl)c3)Oc3cc2cc(c3O[C@@H]2O[C@H](CO)[C@@H](O)[C@H](O)[C@H]2O[C@H]2C[C@](C)(N)[C@H](O)[C@H](C)O2)Oc2ccc(cc2Cl)[C@H]1O. The van der Waals surface area contributed by atoms with Crippen LogP contribution in [-0.2, 0) is 52.6 Å². The number of carboxylic acid groups (broad SMARTS) is 1. The lowest BCUT2D eigenvalue weighted by molar-refractivity contribution is -0.333. The van der Waals surface area contributed by atoms with Gasteiger partial charge in [0.15, 0.2) is 29.9 Å². The van der Waals surface area contributed by atoms with Gasteiger partial charge in [-0.3, -0.25) is 33.6 Å². The first-order valence-electron chi connectivity index (χ1n) is 33.2. The number of phenolic OH excluding ortho intramolecular Hbond substituents is 3. The number of aliphatic hydroxyl groups is 8. The number of rotatable bonds is 14. The Balaban J connectivity index is 0.00000251. The Bertz CT molecular complexity index is 4150. The highest BCUT2D eigenvalue weighted by Gasteiger charge is 2.51. The van der Waals surface area contributed by atoms with E-state index in [1.807, 2.05) is 13.8 Å². The molecule has 12 rings (SSSR count). The zero-order valence-corrected chi connectivity index (χ0v) is 59.0. The molecule has 0 saturated carbocycles. The zero-order valence-electron chi connectivity index (χ0n) is 57.5. The summed E-state index contributed by atoms with van der Waals surface area (Å²) in [6.07, 6.45) is -19.1. The fourth-order valence-corrected chi connectivity index (χ4v) is 12.9. The van der Waals surface area contributed by atoms with E-state index in [0.717, 1.165) is 66.7 Å². The van der Waals surface area contributed by atoms with Crippen LogP contribution in [0.2, 0.25) is 10.0 Å². The molecule has 2 saturated heterocycles. The number of fused-ring (bicyclic) bond motifs is 15. The number of carboxylic acids is 1. The average molecular weight is 1530 g/mol. The highest BCUT2D eigenvalue weighted by atomic mass is 35.5. The molecule has 7 heterocycles. The number of nitrogens with two attached hydrogens (primary N) is 2. The molecule has 0 aromatic heterocycles. The van der Waals surface area contributed by atoms with Gasteiger partial charge in [-0.05, 0) is 117 Å². The van der Waals surface area contributed by atoms with E-state index < -0.39 is 243 Å². The highest BCUT2D eigenvalue weighted by Crippen LogP contribution is 2.50. The zero-order chi connectivity index (χ0) is 77.8. The van der Waals surface area contributed by atoms with E-state index in [4.69, 9.17) is 73.3 Å². The van der Waals surface area contributed by atoms with Gasteiger partial charge in [-0.1, -0.05) is 55.2 Å². The summed E-state index contributed by atoms with van der Waals surface area (Å²) in [4.78, 5) is 117. The standard InChI is InChI=1S/C66H75Cl2N9O24.C3H8O2/c1-23(2)12-34(71-5)58(88)76-49-51(83)26-7-10-38(32(67)14-26)97-40-16-28-17-41(55(40)101-65-56(54(86)53(85)42(22-78)99-65)100-44-21-66(4,70)57(87)24(3)96-44)98-39-11-8-27(15-33(39)68)52(84)50-63(93)75-48(64(94)95)31-18-29(79)19-37(81)45(31)30-13-25(6-9-36(30)80)46(60(90)77-50)74-61(91)47(28)73-59(89)35(20-43(69)82)72-62(49)92;1-3(5)2-4/h6-11,13-19,23-24,34-35,42,44,46-54,56-57,65,71,78-81,83-87H,12,20-22,70H2,1-5H3,(H2,69,82)(H,72,92)(H,73,89)(H,74,91)(H,75,93)(H,76,88)(H,77,90)(H,94,95);3-5H,2H2,1H3/t24-,34+,35-,42+,44-,46+,47+,48-,49+,50-,51+,52+,53+,54-,56+,57+,65-,66-;/m0./s1. The molecule has 19 atom stereocenters. The third-order valence-corrected chi connectivity index (χ3v) is 18.6. The smallest absolute Gasteiger partial charge is 0.330 e. The van der Waals surface area contributed by atoms with Crippen molar-refractivity contribution < 1.29 is 128 Å². The quantitative estimate of drug-likeness (QED) is 0.0664. The first-order valence-corrected chi connectivity index (χ1v) is 33.9. The predicted molar refractivity (Wildman–Crippen MR) is 368 cm³/mol. The van der Waals surface area contributed by atoms with Crippen molar-refractivity contribution >= 4 is 70.5 Å². The number of halogens is 2. The van der Waals surface area contributed by atoms with Crippen LogP contribution in [0, 0.1) is 5.92 Å². The van der Waals surface area contributed by atoms with E-state index in [0.29, 0.717) is 0 Å². The molecule has 0 spiro atoms. The van der Waals surface area contributed by atoms with Gasteiger partial charge in [0.25, 0.3) is 0 Å². The number of aliphatic carboxylic acids is 1. The van der Waals surface area contributed by atoms with Crippen LogP contribution in [-0.4, -0.2) is 214 Å². The molecule has 37 heteroatoms. The van der Waals surface area contributed by atoms with Crippen molar-refractivity contribution in [2.45, 2.75) is 169 Å². The number of amides is 7. The maximum atomic E-state index is 16.0. The molecule has 7 amide bonds. The summed E-state index contributed by atoms with van der Waals surface area (Å²) in [5, 5.41) is 147. The van der Waals surface area contributed by atoms with Gasteiger partial charge in [0.2, 0.25) is 53.4 Å². The maximum Gasteiger partial charge on any atom is 0.330 e. The number of benzene rings is 5. The normalized spacial score (nSPS) is 28.8. The second kappa shape index (κ2) is 33.7. The van der Waals surface area contributed by atoms with Crippen LogP contribution in [0.25, 0.3) is 11.1 Å². The number of hydrogen-bond donors (Lipinski definition) is 21. The van der Waals surface area contributed by atoms with Crippen LogP contribution in [0.1, 0.15) is 112 Å². The minimum absolute atomic E-state index is 0.0975. The van der Waals surface area contributed by atoms with E-state index in [9.17, 15) is 75.0 Å². The van der Waals surface area contributed by atoms with E-state index in [1.165, 1.54) is 40.0 Å². The molecule has 35 nitrogen and oxygen atoms in total. The monoisotopic (exact) mass is 1520 g/mol. The summed E-state index contributed by atoms with van der Waals surface area (Å²) in [6, 6.07) is -0.679. The van der Waals surface area contributed by atoms with E-state index in [-0.39, 0.29) is 52.8 Å². The van der Waals surface area contributed by atoms with Gasteiger partial charge in [0, 0.05) is 34.7 Å². The molecule has 0 aliphatic carbocycles. The van der Waals surface area contributed by atoms with Crippen LogP contribution in [0.4, 0.5) is 0 Å². The van der Waals surface area contributed by atoms with Crippen molar-refractivity contribution in [1.29, 1.82) is 0 Å². The second-order valence-electron chi connectivity index (χ2n) is 26.7. The first-order chi connectivity index (χ1) is 49.9. The molecule has 1 unspecified atom stereocenters. The number of hydrogen-bond acceptors (Lipinski definition) is 27. The Morgan fingerprint density at radius 2 is 1.29 bits per heavy atom. The predicted octanol–water partition coefficient (Wildman–Crippen LogP) is -0.534. The number of likely N-dealkylation sites (N-methyl/N-ethyl adjacent to an activating group) is 1. The Labute approximate surface area is 614 Å². The molecule has 574 valence electrons. The fraction of sp³-hybridized carbons (Fsp3) is 0.449. The summed E-state index contributed by atoms with van der Waals surface area (Å²) in [5.41, 5.74) is 8.00. The molecule has 2 fully saturated rings. The lowest BCUT2D eigenvalue weighted by Gasteiger charge is -2.47. The Kier molecular flexibility index (Phi) is 25.7. The second-order valence-corrected chi connectivity index (χ2v) is 27.6. The summed E-state index contributed by atoms with van der Waals surface area (Å²) in [6.45, 7) is 7.05. The number of aromatic hydroxyl groups is 3. The lowest BCUT2D eigenvalue weighted by Crippen LogP contribution is -2.64. The van der Waals surface area contributed by atoms with Crippen LogP contribution < -0.4 is 62.9 Å². The lowest BCUT2D eigenvalue weighted by atomic mass is 9.86. The van der Waals surface area contributed by atoms with Gasteiger partial charge in [0.1, 0.15) is 89.5 Å². The molecule has 23 N–H and O–H groups in total. The third-order valence-electron chi connectivity index (χ3n) is 18.0. The number of phenols is 3. The Morgan fingerprint density at radius 3 is 1.85 bits per heavy atom. The number of aliphatic hydroxyl groups excluding tert-OH is 8. The fourth-order valence-electron chi connectivity index (χ4n) is 12.5. The number of carbonyl (C=O) groups excluding carboxylic acids is 7. The summed E-state index contributed by atoms with van der Waals surface area (Å²) < 4.78 is 38.3. The molecule has 7 aliphatic rings. The van der Waals surface area contributed by atoms with Gasteiger partial charge in [-0.15, -0.1) is 0 Å². The van der Waals surface area contributed by atoms with Crippen molar-refractivity contribution in [2.75, 3.05) is 20.3 Å². The van der Waals surface area contributed by atoms with Crippen LogP contribution in [0.3, 0.4) is 0 Å². The topological polar surface area (TPSA) is 571 Å². The van der Waals surface area contributed by atoms with Gasteiger partial charge in [0.05, 0.1) is 54.0 Å². The number of carbonyl (C=O) groups is 8. The number of primary amides is 1. The molecule has 106 heavy (non-hydrogen) atoms. The Hall–Kier alpha value is -9.28. The van der Waals surface area contributed by atoms with Crippen LogP contribution in [0.5, 0.6) is 46.0 Å². The average Bonchev–Trinajstić information content (AvgIpc) is 0.767. The number of ether oxygens (including phenoxy) is 6. The summed E-state index contributed by atoms with van der Waals surface area (Å²) in [5.74, 6) is -16.0.